The van der Waals surface area contributed by atoms with E-state index in [1.54, 1.807) is 23.1 Å². The van der Waals surface area contributed by atoms with Gasteiger partial charge in [0.1, 0.15) is 5.37 Å². The predicted octanol–water partition coefficient (Wildman–Crippen LogP) is 2.33. The van der Waals surface area contributed by atoms with Crippen molar-refractivity contribution in [3.8, 4) is 0 Å². The van der Waals surface area contributed by atoms with Crippen molar-refractivity contribution in [3.63, 3.8) is 0 Å². The van der Waals surface area contributed by atoms with Crippen LogP contribution >= 0.6 is 23.1 Å². The van der Waals surface area contributed by atoms with Crippen LogP contribution in [-0.2, 0) is 9.59 Å². The first-order chi connectivity index (χ1) is 9.75. The third kappa shape index (κ3) is 2.86. The Hall–Kier alpha value is -1.01. The van der Waals surface area contributed by atoms with Crippen LogP contribution in [0.4, 0.5) is 0 Å². The molecule has 3 rings (SSSR count). The molecule has 0 spiro atoms. The first-order valence-corrected chi connectivity index (χ1v) is 8.91. The van der Waals surface area contributed by atoms with Crippen molar-refractivity contribution in [1.82, 2.24) is 9.80 Å². The number of hydrogen-bond acceptors (Lipinski definition) is 4. The first-order valence-electron chi connectivity index (χ1n) is 6.98. The summed E-state index contributed by atoms with van der Waals surface area (Å²) in [4.78, 5) is 28.7. The highest BCUT2D eigenvalue weighted by atomic mass is 32.2. The maximum Gasteiger partial charge on any atom is 0.233 e. The highest BCUT2D eigenvalue weighted by Crippen LogP contribution is 2.40. The lowest BCUT2D eigenvalue weighted by Gasteiger charge is -2.24. The lowest BCUT2D eigenvalue weighted by Crippen LogP contribution is -2.32. The molecule has 1 atom stereocenters. The third-order valence-electron chi connectivity index (χ3n) is 3.75. The molecule has 0 saturated carbocycles. The van der Waals surface area contributed by atoms with Crippen LogP contribution in [0.3, 0.4) is 0 Å². The summed E-state index contributed by atoms with van der Waals surface area (Å²) in [5.41, 5.74) is 0. The van der Waals surface area contributed by atoms with E-state index in [1.807, 2.05) is 15.9 Å². The number of amides is 2. The molecule has 2 aliphatic heterocycles. The molecule has 3 heterocycles. The van der Waals surface area contributed by atoms with Gasteiger partial charge in [0.05, 0.1) is 5.75 Å². The van der Waals surface area contributed by atoms with E-state index in [-0.39, 0.29) is 17.2 Å². The molecule has 108 valence electrons. The van der Waals surface area contributed by atoms with Crippen molar-refractivity contribution in [2.45, 2.75) is 24.6 Å². The summed E-state index contributed by atoms with van der Waals surface area (Å²) in [6, 6.07) is 4.13. The van der Waals surface area contributed by atoms with Gasteiger partial charge in [0.15, 0.2) is 0 Å². The Balaban J connectivity index is 1.55. The number of rotatable bonds is 5. The van der Waals surface area contributed by atoms with Crippen molar-refractivity contribution >= 4 is 34.9 Å². The minimum Gasteiger partial charge on any atom is -0.343 e. The smallest absolute Gasteiger partial charge is 0.233 e. The Morgan fingerprint density at radius 3 is 2.85 bits per heavy atom. The minimum atomic E-state index is 0.178. The molecule has 1 unspecified atom stereocenters. The van der Waals surface area contributed by atoms with E-state index < -0.39 is 0 Å². The molecule has 1 aromatic rings. The Morgan fingerprint density at radius 1 is 1.25 bits per heavy atom. The largest absolute Gasteiger partial charge is 0.343 e. The van der Waals surface area contributed by atoms with E-state index in [4.69, 9.17) is 0 Å². The van der Waals surface area contributed by atoms with E-state index in [9.17, 15) is 9.59 Å². The molecule has 4 nitrogen and oxygen atoms in total. The molecule has 6 heteroatoms. The van der Waals surface area contributed by atoms with Crippen molar-refractivity contribution in [2.75, 3.05) is 25.4 Å². The van der Waals surface area contributed by atoms with Crippen molar-refractivity contribution in [3.05, 3.63) is 22.4 Å². The van der Waals surface area contributed by atoms with Crippen LogP contribution in [0.2, 0.25) is 0 Å². The Kier molecular flexibility index (Phi) is 4.31. The highest BCUT2D eigenvalue weighted by molar-refractivity contribution is 8.00. The first kappa shape index (κ1) is 13.9. The van der Waals surface area contributed by atoms with E-state index in [0.29, 0.717) is 12.2 Å². The molecule has 2 fully saturated rings. The maximum absolute atomic E-state index is 12.0. The fourth-order valence-corrected chi connectivity index (χ4v) is 4.93. The fourth-order valence-electron chi connectivity index (χ4n) is 2.74. The highest BCUT2D eigenvalue weighted by Gasteiger charge is 2.33. The molecular formula is C14H18N2O2S2. The van der Waals surface area contributed by atoms with Gasteiger partial charge in [0, 0.05) is 30.9 Å². The zero-order chi connectivity index (χ0) is 13.9. The summed E-state index contributed by atoms with van der Waals surface area (Å²) in [5.74, 6) is 1.06. The van der Waals surface area contributed by atoms with Crippen LogP contribution < -0.4 is 0 Å². The number of nitrogens with zero attached hydrogens (tertiary/aromatic N) is 2. The maximum atomic E-state index is 12.0. The van der Waals surface area contributed by atoms with Crippen LogP contribution in [0.25, 0.3) is 0 Å². The molecule has 20 heavy (non-hydrogen) atoms. The second kappa shape index (κ2) is 6.18. The Labute approximate surface area is 127 Å². The molecule has 1 aromatic heterocycles. The van der Waals surface area contributed by atoms with E-state index in [0.717, 1.165) is 32.5 Å². The van der Waals surface area contributed by atoms with Gasteiger partial charge < -0.3 is 9.80 Å². The fraction of sp³-hybridized carbons (Fsp3) is 0.571. The van der Waals surface area contributed by atoms with E-state index >= 15 is 0 Å². The van der Waals surface area contributed by atoms with Crippen LogP contribution in [0.15, 0.2) is 17.5 Å². The molecule has 2 amide bonds. The average molecular weight is 310 g/mol. The molecule has 2 aliphatic rings. The number of likely N-dealkylation sites (tertiary alicyclic amines) is 1. The SMILES string of the molecule is O=C1CCCN1CCCN1C(=O)CSC1c1cccs1. The predicted molar refractivity (Wildman–Crippen MR) is 81.7 cm³/mol. The second-order valence-electron chi connectivity index (χ2n) is 5.10. The van der Waals surface area contributed by atoms with Crippen molar-refractivity contribution < 1.29 is 9.59 Å². The summed E-state index contributed by atoms with van der Waals surface area (Å²) in [6.45, 7) is 2.42. The number of hydrogen-bond donors (Lipinski definition) is 0. The molecule has 0 aromatic carbocycles. The van der Waals surface area contributed by atoms with Crippen LogP contribution in [0.1, 0.15) is 29.5 Å². The Morgan fingerprint density at radius 2 is 2.15 bits per heavy atom. The van der Waals surface area contributed by atoms with Gasteiger partial charge in [-0.3, -0.25) is 9.59 Å². The normalized spacial score (nSPS) is 23.1. The van der Waals surface area contributed by atoms with Gasteiger partial charge in [-0.1, -0.05) is 6.07 Å². The summed E-state index contributed by atoms with van der Waals surface area (Å²) in [5, 5.41) is 2.23. The van der Waals surface area contributed by atoms with Crippen LogP contribution in [-0.4, -0.2) is 47.0 Å². The number of carbonyl (C=O) groups is 2. The molecular weight excluding hydrogens is 292 g/mol. The number of thioether (sulfide) groups is 1. The average Bonchev–Trinajstić information content (AvgIpc) is 3.14. The number of thiophene rings is 1. The molecule has 0 N–H and O–H groups in total. The van der Waals surface area contributed by atoms with Gasteiger partial charge in [-0.05, 0) is 24.3 Å². The summed E-state index contributed by atoms with van der Waals surface area (Å²) < 4.78 is 0. The zero-order valence-electron chi connectivity index (χ0n) is 11.3. The van der Waals surface area contributed by atoms with Crippen molar-refractivity contribution in [2.24, 2.45) is 0 Å². The van der Waals surface area contributed by atoms with Gasteiger partial charge in [-0.25, -0.2) is 0 Å². The van der Waals surface area contributed by atoms with Gasteiger partial charge >= 0.3 is 0 Å². The second-order valence-corrected chi connectivity index (χ2v) is 7.15. The standard InChI is InChI=1S/C14H18N2O2S2/c17-12-5-1-6-15(12)7-3-8-16-13(18)10-20-14(16)11-4-2-9-19-11/h2,4,9,14H,1,3,5-8,10H2. The van der Waals surface area contributed by atoms with Crippen LogP contribution in [0, 0.1) is 0 Å². The summed E-state index contributed by atoms with van der Waals surface area (Å²) in [6.07, 6.45) is 2.55. The Bertz CT molecular complexity index is 489. The minimum absolute atomic E-state index is 0.178. The molecule has 2 saturated heterocycles. The summed E-state index contributed by atoms with van der Waals surface area (Å²) in [7, 11) is 0. The topological polar surface area (TPSA) is 40.6 Å². The van der Waals surface area contributed by atoms with Crippen LogP contribution in [0.5, 0.6) is 0 Å². The van der Waals surface area contributed by atoms with E-state index in [1.165, 1.54) is 4.88 Å². The third-order valence-corrected chi connectivity index (χ3v) is 6.06. The van der Waals surface area contributed by atoms with Gasteiger partial charge in [-0.15, -0.1) is 23.1 Å². The quantitative estimate of drug-likeness (QED) is 0.838. The molecule has 0 aliphatic carbocycles. The van der Waals surface area contributed by atoms with E-state index in [2.05, 4.69) is 11.4 Å². The zero-order valence-corrected chi connectivity index (χ0v) is 12.9. The lowest BCUT2D eigenvalue weighted by molar-refractivity contribution is -0.128. The number of carbonyl (C=O) groups excluding carboxylic acids is 2. The molecule has 0 bridgehead atoms. The molecule has 0 radical (unpaired) electrons. The lowest BCUT2D eigenvalue weighted by atomic mass is 10.3. The van der Waals surface area contributed by atoms with Gasteiger partial charge in [-0.2, -0.15) is 0 Å². The van der Waals surface area contributed by atoms with Gasteiger partial charge in [0.2, 0.25) is 11.8 Å². The van der Waals surface area contributed by atoms with Gasteiger partial charge in [0.25, 0.3) is 0 Å². The summed E-state index contributed by atoms with van der Waals surface area (Å²) >= 11 is 3.41. The monoisotopic (exact) mass is 310 g/mol. The van der Waals surface area contributed by atoms with Crippen molar-refractivity contribution in [1.29, 1.82) is 0 Å².